The fourth-order valence-corrected chi connectivity index (χ4v) is 4.69. The molecule has 0 aliphatic carbocycles. The monoisotopic (exact) mass is 462 g/mol. The van der Waals surface area contributed by atoms with Gasteiger partial charge in [0.15, 0.2) is 16.7 Å². The molecule has 1 aromatic rings. The van der Waals surface area contributed by atoms with Crippen molar-refractivity contribution < 1.29 is 33.3 Å². The topological polar surface area (TPSA) is 104 Å². The first-order valence-corrected chi connectivity index (χ1v) is 11.0. The van der Waals surface area contributed by atoms with Crippen molar-refractivity contribution in [2.75, 3.05) is 27.4 Å². The third-order valence-corrected chi connectivity index (χ3v) is 6.34. The van der Waals surface area contributed by atoms with Gasteiger partial charge in [-0.3, -0.25) is 14.5 Å². The zero-order chi connectivity index (χ0) is 23.4. The average molecular weight is 463 g/mol. The first-order chi connectivity index (χ1) is 15.3. The van der Waals surface area contributed by atoms with E-state index in [1.165, 1.54) is 32.9 Å². The van der Waals surface area contributed by atoms with Gasteiger partial charge in [0.2, 0.25) is 5.91 Å². The van der Waals surface area contributed by atoms with E-state index >= 15 is 0 Å². The van der Waals surface area contributed by atoms with Crippen LogP contribution in [0.5, 0.6) is 11.5 Å². The Balaban J connectivity index is 2.09. The summed E-state index contributed by atoms with van der Waals surface area (Å²) in [6, 6.07) is 4.17. The van der Waals surface area contributed by atoms with Gasteiger partial charge < -0.3 is 18.9 Å². The number of esters is 2. The fraction of sp³-hybridized carbons (Fsp3) is 0.455. The van der Waals surface area contributed by atoms with Crippen LogP contribution in [0.4, 0.5) is 0 Å². The molecule has 0 N–H and O–H groups in total. The Hall–Kier alpha value is -2.85. The summed E-state index contributed by atoms with van der Waals surface area (Å²) in [7, 11) is 2.96. The van der Waals surface area contributed by atoms with Gasteiger partial charge in [-0.2, -0.15) is 0 Å². The molecule has 172 valence electrons. The van der Waals surface area contributed by atoms with Crippen molar-refractivity contribution in [1.82, 2.24) is 4.90 Å². The van der Waals surface area contributed by atoms with Crippen molar-refractivity contribution in [1.29, 1.82) is 0 Å². The minimum atomic E-state index is -0.755. The van der Waals surface area contributed by atoms with E-state index in [9.17, 15) is 14.4 Å². The number of carbonyl (C=O) groups excluding carboxylic acids is 3. The molecule has 0 spiro atoms. The van der Waals surface area contributed by atoms with Crippen LogP contribution in [0.2, 0.25) is 0 Å². The van der Waals surface area contributed by atoms with Gasteiger partial charge >= 0.3 is 11.9 Å². The molecule has 32 heavy (non-hydrogen) atoms. The quantitative estimate of drug-likeness (QED) is 0.330. The SMILES string of the molecule is CC[C@H]1SC2=NC(C)=C(C(=O)OCCOC)[C@@H](c3ccc(OC(C)=O)c(OC)c3)N2C1=O. The van der Waals surface area contributed by atoms with Crippen LogP contribution in [0.15, 0.2) is 34.5 Å². The molecule has 2 heterocycles. The summed E-state index contributed by atoms with van der Waals surface area (Å²) < 4.78 is 20.9. The Kier molecular flexibility index (Phi) is 7.57. The van der Waals surface area contributed by atoms with Crippen LogP contribution in [-0.4, -0.2) is 60.6 Å². The Labute approximate surface area is 190 Å². The molecule has 0 radical (unpaired) electrons. The number of fused-ring (bicyclic) bond motifs is 1. The van der Waals surface area contributed by atoms with Crippen LogP contribution in [0.3, 0.4) is 0 Å². The van der Waals surface area contributed by atoms with Gasteiger partial charge in [0.1, 0.15) is 6.61 Å². The van der Waals surface area contributed by atoms with Gasteiger partial charge in [-0.25, -0.2) is 9.79 Å². The molecule has 0 saturated carbocycles. The summed E-state index contributed by atoms with van der Waals surface area (Å²) >= 11 is 1.38. The predicted molar refractivity (Wildman–Crippen MR) is 119 cm³/mol. The lowest BCUT2D eigenvalue weighted by Crippen LogP contribution is -2.41. The van der Waals surface area contributed by atoms with Gasteiger partial charge in [0.05, 0.1) is 36.3 Å². The van der Waals surface area contributed by atoms with Crippen molar-refractivity contribution in [2.45, 2.75) is 38.5 Å². The standard InChI is InChI=1S/C22H26N2O7S/c1-6-17-20(26)24-19(14-7-8-15(31-13(3)25)16(11-14)29-5)18(12(2)23-22(24)32-17)21(27)30-10-9-28-4/h7-8,11,17,19H,6,9-10H2,1-5H3/t17-,19-/m1/s1. The van der Waals surface area contributed by atoms with Crippen molar-refractivity contribution in [3.63, 3.8) is 0 Å². The van der Waals surface area contributed by atoms with Crippen molar-refractivity contribution >= 4 is 34.8 Å². The number of amidine groups is 1. The largest absolute Gasteiger partial charge is 0.493 e. The molecule has 3 rings (SSSR count). The van der Waals surface area contributed by atoms with Crippen LogP contribution >= 0.6 is 11.8 Å². The molecule has 1 aromatic carbocycles. The van der Waals surface area contributed by atoms with E-state index in [-0.39, 0.29) is 35.7 Å². The summed E-state index contributed by atoms with van der Waals surface area (Å²) in [5, 5.41) is 0.260. The van der Waals surface area contributed by atoms with Crippen LogP contribution in [0.25, 0.3) is 0 Å². The van der Waals surface area contributed by atoms with Crippen molar-refractivity contribution in [3.05, 3.63) is 35.0 Å². The molecule has 1 amide bonds. The second-order valence-electron chi connectivity index (χ2n) is 7.15. The number of thioether (sulfide) groups is 1. The summed E-state index contributed by atoms with van der Waals surface area (Å²) in [4.78, 5) is 43.7. The number of aliphatic imine (C=N–C) groups is 1. The summed E-state index contributed by atoms with van der Waals surface area (Å²) in [6.07, 6.45) is 0.632. The Morgan fingerprint density at radius 2 is 1.94 bits per heavy atom. The van der Waals surface area contributed by atoms with E-state index in [4.69, 9.17) is 18.9 Å². The molecular formula is C22H26N2O7S. The lowest BCUT2D eigenvalue weighted by molar-refractivity contribution is -0.141. The van der Waals surface area contributed by atoms with E-state index in [0.717, 1.165) is 0 Å². The minimum Gasteiger partial charge on any atom is -0.493 e. The third kappa shape index (κ3) is 4.66. The summed E-state index contributed by atoms with van der Waals surface area (Å²) in [5.74, 6) is -0.643. The van der Waals surface area contributed by atoms with E-state index < -0.39 is 18.0 Å². The maximum Gasteiger partial charge on any atom is 0.338 e. The molecule has 10 heteroatoms. The normalized spacial score (nSPS) is 20.1. The first kappa shape index (κ1) is 23.8. The van der Waals surface area contributed by atoms with E-state index in [1.807, 2.05) is 6.92 Å². The maximum atomic E-state index is 13.2. The summed E-state index contributed by atoms with van der Waals surface area (Å²) in [5.41, 5.74) is 1.34. The number of amides is 1. The fourth-order valence-electron chi connectivity index (χ4n) is 3.55. The number of ether oxygens (including phenoxy) is 4. The number of allylic oxidation sites excluding steroid dienone is 1. The van der Waals surface area contributed by atoms with Gasteiger partial charge in [0, 0.05) is 14.0 Å². The second kappa shape index (κ2) is 10.2. The molecule has 0 unspecified atom stereocenters. The minimum absolute atomic E-state index is 0.0738. The van der Waals surface area contributed by atoms with Gasteiger partial charge in [0.25, 0.3) is 0 Å². The smallest absolute Gasteiger partial charge is 0.338 e. The Bertz CT molecular complexity index is 988. The van der Waals surface area contributed by atoms with Crippen LogP contribution < -0.4 is 9.47 Å². The molecular weight excluding hydrogens is 436 g/mol. The molecule has 2 aliphatic heterocycles. The number of hydrogen-bond acceptors (Lipinski definition) is 9. The van der Waals surface area contributed by atoms with Crippen molar-refractivity contribution in [2.24, 2.45) is 4.99 Å². The second-order valence-corrected chi connectivity index (χ2v) is 8.32. The Morgan fingerprint density at radius 3 is 2.56 bits per heavy atom. The number of hydrogen-bond donors (Lipinski definition) is 0. The predicted octanol–water partition coefficient (Wildman–Crippen LogP) is 2.85. The number of methoxy groups -OCH3 is 2. The molecule has 9 nitrogen and oxygen atoms in total. The Morgan fingerprint density at radius 1 is 1.19 bits per heavy atom. The number of rotatable bonds is 8. The van der Waals surface area contributed by atoms with Crippen LogP contribution in [0, 0.1) is 0 Å². The highest BCUT2D eigenvalue weighted by Crippen LogP contribution is 2.45. The third-order valence-electron chi connectivity index (χ3n) is 5.02. The van der Waals surface area contributed by atoms with E-state index in [1.54, 1.807) is 30.0 Å². The maximum absolute atomic E-state index is 13.2. The molecule has 2 aliphatic rings. The molecule has 2 atom stereocenters. The lowest BCUT2D eigenvalue weighted by atomic mass is 9.94. The van der Waals surface area contributed by atoms with E-state index in [0.29, 0.717) is 28.6 Å². The number of carbonyl (C=O) groups is 3. The zero-order valence-electron chi connectivity index (χ0n) is 18.7. The molecule has 0 bridgehead atoms. The molecule has 0 aromatic heterocycles. The highest BCUT2D eigenvalue weighted by Gasteiger charge is 2.47. The highest BCUT2D eigenvalue weighted by atomic mass is 32.2. The van der Waals surface area contributed by atoms with Crippen LogP contribution in [-0.2, 0) is 23.9 Å². The average Bonchev–Trinajstić information content (AvgIpc) is 3.07. The number of benzene rings is 1. The summed E-state index contributed by atoms with van der Waals surface area (Å²) in [6.45, 7) is 5.27. The zero-order valence-corrected chi connectivity index (χ0v) is 19.5. The van der Waals surface area contributed by atoms with Crippen molar-refractivity contribution in [3.8, 4) is 11.5 Å². The van der Waals surface area contributed by atoms with E-state index in [2.05, 4.69) is 4.99 Å². The molecule has 1 saturated heterocycles. The highest BCUT2D eigenvalue weighted by molar-refractivity contribution is 8.15. The molecule has 1 fully saturated rings. The van der Waals surface area contributed by atoms with Gasteiger partial charge in [-0.1, -0.05) is 24.8 Å². The van der Waals surface area contributed by atoms with Crippen LogP contribution in [0.1, 0.15) is 38.8 Å². The van der Waals surface area contributed by atoms with Gasteiger partial charge in [-0.05, 0) is 31.0 Å². The first-order valence-electron chi connectivity index (χ1n) is 10.1. The lowest BCUT2D eigenvalue weighted by Gasteiger charge is -2.33. The number of nitrogens with zero attached hydrogens (tertiary/aromatic N) is 2. The van der Waals surface area contributed by atoms with Gasteiger partial charge in [-0.15, -0.1) is 0 Å².